The molecule has 35 heavy (non-hydrogen) atoms. The van der Waals surface area contributed by atoms with Crippen molar-refractivity contribution >= 4 is 17.1 Å². The lowest BCUT2D eigenvalue weighted by Gasteiger charge is -2.21. The molecule has 1 aliphatic heterocycles. The van der Waals surface area contributed by atoms with Crippen molar-refractivity contribution < 1.29 is 14.3 Å². The average Bonchev–Trinajstić information content (AvgIpc) is 3.35. The summed E-state index contributed by atoms with van der Waals surface area (Å²) in [5.41, 5.74) is 3.52. The van der Waals surface area contributed by atoms with Gasteiger partial charge in [-0.2, -0.15) is 0 Å². The Kier molecular flexibility index (Phi) is 6.15. The van der Waals surface area contributed by atoms with E-state index < -0.39 is 6.04 Å². The summed E-state index contributed by atoms with van der Waals surface area (Å²) in [7, 11) is 5.11. The van der Waals surface area contributed by atoms with Crippen LogP contribution in [0.2, 0.25) is 0 Å². The number of aromatic nitrogens is 5. The van der Waals surface area contributed by atoms with E-state index in [9.17, 15) is 4.79 Å². The normalized spacial score (nSPS) is 14.3. The van der Waals surface area contributed by atoms with Gasteiger partial charge in [0.25, 0.3) is 5.91 Å². The summed E-state index contributed by atoms with van der Waals surface area (Å²) in [4.78, 5) is 28.0. The number of pyridine rings is 1. The molecule has 0 fully saturated rings. The van der Waals surface area contributed by atoms with Crippen molar-refractivity contribution in [1.82, 2.24) is 29.4 Å². The fraction of sp³-hybridized carbons (Fsp3) is 0.385. The number of imidazole rings is 2. The predicted octanol–water partition coefficient (Wildman–Crippen LogP) is 3.74. The van der Waals surface area contributed by atoms with Crippen LogP contribution in [0, 0.1) is 6.92 Å². The van der Waals surface area contributed by atoms with Crippen LogP contribution in [0.1, 0.15) is 58.6 Å². The Balaban J connectivity index is 1.59. The van der Waals surface area contributed by atoms with Crippen LogP contribution < -0.4 is 14.8 Å². The van der Waals surface area contributed by atoms with E-state index in [4.69, 9.17) is 19.4 Å². The van der Waals surface area contributed by atoms with E-state index in [1.807, 2.05) is 42.9 Å². The monoisotopic (exact) mass is 474 g/mol. The number of ether oxygens (including phenoxy) is 2. The number of methoxy groups -OCH3 is 2. The molecule has 0 aliphatic carbocycles. The Morgan fingerprint density at radius 3 is 2.51 bits per heavy atom. The second kappa shape index (κ2) is 9.40. The van der Waals surface area contributed by atoms with Crippen LogP contribution in [0.25, 0.3) is 11.2 Å². The first kappa shape index (κ1) is 22.9. The molecule has 0 saturated carbocycles. The summed E-state index contributed by atoms with van der Waals surface area (Å²) >= 11 is 0. The predicted molar refractivity (Wildman–Crippen MR) is 132 cm³/mol. The number of hydrogen-bond donors (Lipinski definition) is 1. The molecule has 1 amide bonds. The number of amides is 1. The standard InChI is InChI=1S/C26H30N6O3/c1-16-12-20(23-25(28-16)32-10-7-5-6-8-21(32)29-23)26(33)30-22(24-27-9-11-31(24)2)17-13-18(34-3)15-19(14-17)35-4/h9,11-15,22H,5-8,10H2,1-4H3,(H,30,33). The van der Waals surface area contributed by atoms with E-state index in [0.717, 1.165) is 48.5 Å². The second-order valence-electron chi connectivity index (χ2n) is 8.92. The highest BCUT2D eigenvalue weighted by atomic mass is 16.5. The first-order chi connectivity index (χ1) is 17.0. The number of benzene rings is 1. The molecule has 9 nitrogen and oxygen atoms in total. The molecule has 0 bridgehead atoms. The van der Waals surface area contributed by atoms with Crippen LogP contribution in [0.3, 0.4) is 0 Å². The van der Waals surface area contributed by atoms with Gasteiger partial charge in [0.1, 0.15) is 34.7 Å². The quantitative estimate of drug-likeness (QED) is 0.457. The second-order valence-corrected chi connectivity index (χ2v) is 8.92. The van der Waals surface area contributed by atoms with E-state index in [2.05, 4.69) is 14.9 Å². The van der Waals surface area contributed by atoms with Gasteiger partial charge in [0.05, 0.1) is 19.8 Å². The minimum atomic E-state index is -0.532. The number of nitrogens with one attached hydrogen (secondary N) is 1. The molecule has 1 atom stereocenters. The topological polar surface area (TPSA) is 96.1 Å². The van der Waals surface area contributed by atoms with Crippen molar-refractivity contribution in [1.29, 1.82) is 0 Å². The third-order valence-corrected chi connectivity index (χ3v) is 6.54. The van der Waals surface area contributed by atoms with E-state index in [-0.39, 0.29) is 5.91 Å². The largest absolute Gasteiger partial charge is 0.497 e. The minimum Gasteiger partial charge on any atom is -0.497 e. The van der Waals surface area contributed by atoms with Crippen LogP contribution >= 0.6 is 0 Å². The maximum Gasteiger partial charge on any atom is 0.254 e. The molecule has 0 saturated heterocycles. The van der Waals surface area contributed by atoms with Gasteiger partial charge in [-0.15, -0.1) is 0 Å². The smallest absolute Gasteiger partial charge is 0.254 e. The molecule has 1 N–H and O–H groups in total. The zero-order valence-corrected chi connectivity index (χ0v) is 20.5. The average molecular weight is 475 g/mol. The summed E-state index contributed by atoms with van der Waals surface area (Å²) in [6, 6.07) is 6.85. The van der Waals surface area contributed by atoms with E-state index in [1.165, 1.54) is 6.42 Å². The zero-order valence-electron chi connectivity index (χ0n) is 20.5. The van der Waals surface area contributed by atoms with Crippen LogP contribution in [0.15, 0.2) is 36.7 Å². The summed E-state index contributed by atoms with van der Waals surface area (Å²) in [5.74, 6) is 2.73. The fourth-order valence-electron chi connectivity index (χ4n) is 4.75. The maximum atomic E-state index is 13.8. The number of fused-ring (bicyclic) bond motifs is 3. The third-order valence-electron chi connectivity index (χ3n) is 6.54. The molecule has 1 unspecified atom stereocenters. The molecule has 4 heterocycles. The first-order valence-electron chi connectivity index (χ1n) is 11.9. The van der Waals surface area contributed by atoms with Crippen molar-refractivity contribution in [2.45, 2.75) is 45.2 Å². The van der Waals surface area contributed by atoms with Gasteiger partial charge < -0.3 is 23.9 Å². The van der Waals surface area contributed by atoms with E-state index >= 15 is 0 Å². The van der Waals surface area contributed by atoms with Crippen LogP contribution in [0.5, 0.6) is 11.5 Å². The molecule has 3 aromatic heterocycles. The molecule has 182 valence electrons. The van der Waals surface area contributed by atoms with Crippen LogP contribution in [0.4, 0.5) is 0 Å². The van der Waals surface area contributed by atoms with Gasteiger partial charge in [0.2, 0.25) is 0 Å². The van der Waals surface area contributed by atoms with Crippen LogP contribution in [-0.4, -0.2) is 44.2 Å². The van der Waals surface area contributed by atoms with Crippen molar-refractivity contribution in [3.8, 4) is 11.5 Å². The number of hydrogen-bond acceptors (Lipinski definition) is 6. The van der Waals surface area contributed by atoms with E-state index in [1.54, 1.807) is 26.5 Å². The van der Waals surface area contributed by atoms with Gasteiger partial charge in [-0.05, 0) is 43.5 Å². The highest BCUT2D eigenvalue weighted by molar-refractivity contribution is 6.04. The van der Waals surface area contributed by atoms with Crippen molar-refractivity contribution in [2.75, 3.05) is 14.2 Å². The number of nitrogens with zero attached hydrogens (tertiary/aromatic N) is 5. The number of carbonyl (C=O) groups excluding carboxylic acids is 1. The third kappa shape index (κ3) is 4.34. The fourth-order valence-corrected chi connectivity index (χ4v) is 4.75. The van der Waals surface area contributed by atoms with Gasteiger partial charge in [0, 0.05) is 44.2 Å². The lowest BCUT2D eigenvalue weighted by Crippen LogP contribution is -2.31. The van der Waals surface area contributed by atoms with Gasteiger partial charge in [-0.3, -0.25) is 4.79 Å². The molecule has 1 aliphatic rings. The Bertz CT molecular complexity index is 1370. The summed E-state index contributed by atoms with van der Waals surface area (Å²) in [6.45, 7) is 2.79. The molecule has 4 aromatic rings. The Morgan fingerprint density at radius 2 is 1.83 bits per heavy atom. The minimum absolute atomic E-state index is 0.233. The zero-order chi connectivity index (χ0) is 24.5. The van der Waals surface area contributed by atoms with Crippen molar-refractivity contribution in [2.24, 2.45) is 7.05 Å². The van der Waals surface area contributed by atoms with Crippen molar-refractivity contribution in [3.05, 3.63) is 65.1 Å². The maximum absolute atomic E-state index is 13.8. The Labute approximate surface area is 204 Å². The SMILES string of the molecule is COc1cc(OC)cc(C(NC(=O)c2cc(C)nc3c2nc2n3CCCCC2)c2nccn2C)c1. The molecule has 0 spiro atoms. The highest BCUT2D eigenvalue weighted by Crippen LogP contribution is 2.30. The lowest BCUT2D eigenvalue weighted by atomic mass is 10.0. The van der Waals surface area contributed by atoms with Crippen LogP contribution in [-0.2, 0) is 20.0 Å². The summed E-state index contributed by atoms with van der Waals surface area (Å²) < 4.78 is 15.0. The molecule has 0 radical (unpaired) electrons. The molecule has 9 heteroatoms. The lowest BCUT2D eigenvalue weighted by molar-refractivity contribution is 0.0942. The number of aryl methyl sites for hydroxylation is 4. The van der Waals surface area contributed by atoms with Gasteiger partial charge in [-0.25, -0.2) is 15.0 Å². The first-order valence-corrected chi connectivity index (χ1v) is 11.9. The number of rotatable bonds is 6. The van der Waals surface area contributed by atoms with Crippen molar-refractivity contribution in [3.63, 3.8) is 0 Å². The molecular weight excluding hydrogens is 444 g/mol. The molecular formula is C26H30N6O3. The van der Waals surface area contributed by atoms with Gasteiger partial charge >= 0.3 is 0 Å². The van der Waals surface area contributed by atoms with Gasteiger partial charge in [0.15, 0.2) is 5.65 Å². The summed E-state index contributed by atoms with van der Waals surface area (Å²) in [6.07, 6.45) is 7.84. The Morgan fingerprint density at radius 1 is 1.06 bits per heavy atom. The highest BCUT2D eigenvalue weighted by Gasteiger charge is 2.26. The van der Waals surface area contributed by atoms with E-state index in [0.29, 0.717) is 28.4 Å². The molecule has 5 rings (SSSR count). The summed E-state index contributed by atoms with van der Waals surface area (Å²) in [5, 5.41) is 3.20. The number of carbonyl (C=O) groups is 1. The molecule has 1 aromatic carbocycles. The van der Waals surface area contributed by atoms with Gasteiger partial charge in [-0.1, -0.05) is 6.42 Å². The Hall–Kier alpha value is -3.88.